The summed E-state index contributed by atoms with van der Waals surface area (Å²) in [6, 6.07) is 1.76. The maximum atomic E-state index is 11.8. The number of hydrogen-bond donors (Lipinski definition) is 0. The second kappa shape index (κ2) is 5.89. The standard InChI is InChI=1S/C12H16BrClN2O2/c1-12(2,3)18-11(17)16(4)7-8-5-9(14)6-15-10(8)13/h5-6H,7H2,1-4H3. The molecule has 1 heterocycles. The minimum absolute atomic E-state index is 0.378. The van der Waals surface area contributed by atoms with E-state index in [4.69, 9.17) is 16.3 Å². The van der Waals surface area contributed by atoms with Gasteiger partial charge in [0.25, 0.3) is 0 Å². The number of ether oxygens (including phenoxy) is 1. The molecule has 0 aliphatic rings. The average molecular weight is 336 g/mol. The van der Waals surface area contributed by atoms with Gasteiger partial charge in [-0.05, 0) is 42.8 Å². The number of carbonyl (C=O) groups excluding carboxylic acids is 1. The van der Waals surface area contributed by atoms with Crippen LogP contribution in [0, 0.1) is 0 Å². The fourth-order valence-corrected chi connectivity index (χ4v) is 1.76. The van der Waals surface area contributed by atoms with E-state index in [1.54, 1.807) is 19.3 Å². The van der Waals surface area contributed by atoms with Crippen LogP contribution >= 0.6 is 27.5 Å². The molecule has 4 nitrogen and oxygen atoms in total. The van der Waals surface area contributed by atoms with Gasteiger partial charge in [-0.3, -0.25) is 0 Å². The summed E-state index contributed by atoms with van der Waals surface area (Å²) >= 11 is 9.19. The lowest BCUT2D eigenvalue weighted by Gasteiger charge is -2.24. The minimum atomic E-state index is -0.505. The van der Waals surface area contributed by atoms with Gasteiger partial charge in [0, 0.05) is 18.8 Å². The molecule has 0 spiro atoms. The molecule has 0 aromatic carbocycles. The average Bonchev–Trinajstić information content (AvgIpc) is 2.21. The maximum Gasteiger partial charge on any atom is 0.410 e. The lowest BCUT2D eigenvalue weighted by atomic mass is 10.2. The number of nitrogens with zero attached hydrogens (tertiary/aromatic N) is 2. The number of aromatic nitrogens is 1. The van der Waals surface area contributed by atoms with Gasteiger partial charge in [-0.2, -0.15) is 0 Å². The molecule has 0 atom stereocenters. The fourth-order valence-electron chi connectivity index (χ4n) is 1.24. The minimum Gasteiger partial charge on any atom is -0.444 e. The first-order chi connectivity index (χ1) is 8.19. The van der Waals surface area contributed by atoms with Gasteiger partial charge in [0.15, 0.2) is 0 Å². The molecule has 100 valence electrons. The molecule has 0 aliphatic carbocycles. The molecule has 1 rings (SSSR count). The zero-order chi connectivity index (χ0) is 13.9. The molecule has 1 aromatic heterocycles. The monoisotopic (exact) mass is 334 g/mol. The van der Waals surface area contributed by atoms with Gasteiger partial charge in [0.2, 0.25) is 0 Å². The van der Waals surface area contributed by atoms with Crippen molar-refractivity contribution in [1.29, 1.82) is 0 Å². The van der Waals surface area contributed by atoms with Crippen LogP contribution in [0.1, 0.15) is 26.3 Å². The Morgan fingerprint density at radius 2 is 2.17 bits per heavy atom. The number of rotatable bonds is 2. The Bertz CT molecular complexity index is 446. The lowest BCUT2D eigenvalue weighted by Crippen LogP contribution is -2.33. The molecule has 0 bridgehead atoms. The van der Waals surface area contributed by atoms with Crippen molar-refractivity contribution in [1.82, 2.24) is 9.88 Å². The lowest BCUT2D eigenvalue weighted by molar-refractivity contribution is 0.0284. The number of carbonyl (C=O) groups is 1. The van der Waals surface area contributed by atoms with Crippen molar-refractivity contribution in [3.8, 4) is 0 Å². The Morgan fingerprint density at radius 3 is 2.72 bits per heavy atom. The van der Waals surface area contributed by atoms with Crippen LogP contribution in [0.25, 0.3) is 0 Å². The largest absolute Gasteiger partial charge is 0.444 e. The molecule has 0 saturated heterocycles. The summed E-state index contributed by atoms with van der Waals surface area (Å²) in [5.74, 6) is 0. The predicted molar refractivity (Wildman–Crippen MR) is 74.6 cm³/mol. The smallest absolute Gasteiger partial charge is 0.410 e. The van der Waals surface area contributed by atoms with E-state index in [1.807, 2.05) is 20.8 Å². The first-order valence-corrected chi connectivity index (χ1v) is 6.60. The molecule has 0 N–H and O–H groups in total. The summed E-state index contributed by atoms with van der Waals surface area (Å²) in [6.07, 6.45) is 1.16. The molecular formula is C12H16BrClN2O2. The summed E-state index contributed by atoms with van der Waals surface area (Å²) in [4.78, 5) is 17.3. The third-order valence-electron chi connectivity index (χ3n) is 1.99. The molecule has 0 fully saturated rings. The van der Waals surface area contributed by atoms with E-state index < -0.39 is 5.60 Å². The summed E-state index contributed by atoms with van der Waals surface area (Å²) in [6.45, 7) is 5.86. The van der Waals surface area contributed by atoms with Crippen molar-refractivity contribution in [3.05, 3.63) is 27.5 Å². The van der Waals surface area contributed by atoms with Crippen LogP contribution in [0.15, 0.2) is 16.9 Å². The second-order valence-corrected chi connectivity index (χ2v) is 6.13. The quantitative estimate of drug-likeness (QED) is 0.771. The normalized spacial score (nSPS) is 11.2. The predicted octanol–water partition coefficient (Wildman–Crippen LogP) is 3.86. The first-order valence-electron chi connectivity index (χ1n) is 5.43. The van der Waals surface area contributed by atoms with Gasteiger partial charge in [-0.1, -0.05) is 11.6 Å². The highest BCUT2D eigenvalue weighted by Crippen LogP contribution is 2.20. The molecule has 0 saturated carbocycles. The maximum absolute atomic E-state index is 11.8. The SMILES string of the molecule is CN(Cc1cc(Cl)cnc1Br)C(=O)OC(C)(C)C. The van der Waals surface area contributed by atoms with Crippen molar-refractivity contribution in [2.75, 3.05) is 7.05 Å². The Balaban J connectivity index is 2.72. The fraction of sp³-hybridized carbons (Fsp3) is 0.500. The Labute approximate surface area is 120 Å². The number of halogens is 2. The van der Waals surface area contributed by atoms with Gasteiger partial charge >= 0.3 is 6.09 Å². The molecule has 0 radical (unpaired) electrons. The first kappa shape index (κ1) is 15.2. The van der Waals surface area contributed by atoms with Crippen LogP contribution < -0.4 is 0 Å². The molecule has 0 aliphatic heterocycles. The van der Waals surface area contributed by atoms with Crippen LogP contribution in [0.5, 0.6) is 0 Å². The topological polar surface area (TPSA) is 42.4 Å². The molecular weight excluding hydrogens is 320 g/mol. The van der Waals surface area contributed by atoms with Crippen molar-refractivity contribution in [3.63, 3.8) is 0 Å². The number of pyridine rings is 1. The van der Waals surface area contributed by atoms with Crippen molar-refractivity contribution in [2.24, 2.45) is 0 Å². The van der Waals surface area contributed by atoms with Crippen molar-refractivity contribution in [2.45, 2.75) is 32.9 Å². The van der Waals surface area contributed by atoms with Crippen LogP contribution in [-0.4, -0.2) is 28.6 Å². The van der Waals surface area contributed by atoms with Gasteiger partial charge in [0.1, 0.15) is 10.2 Å². The van der Waals surface area contributed by atoms with Crippen LogP contribution in [-0.2, 0) is 11.3 Å². The van der Waals surface area contributed by atoms with Gasteiger partial charge in [-0.25, -0.2) is 9.78 Å². The summed E-state index contributed by atoms with van der Waals surface area (Å²) in [5.41, 5.74) is 0.325. The van der Waals surface area contributed by atoms with E-state index in [9.17, 15) is 4.79 Å². The zero-order valence-electron chi connectivity index (χ0n) is 10.8. The van der Waals surface area contributed by atoms with Crippen molar-refractivity contribution >= 4 is 33.6 Å². The van der Waals surface area contributed by atoms with E-state index >= 15 is 0 Å². The second-order valence-electron chi connectivity index (χ2n) is 4.94. The highest BCUT2D eigenvalue weighted by molar-refractivity contribution is 9.10. The van der Waals surface area contributed by atoms with Gasteiger partial charge in [-0.15, -0.1) is 0 Å². The summed E-state index contributed by atoms with van der Waals surface area (Å²) < 4.78 is 5.93. The van der Waals surface area contributed by atoms with E-state index in [0.29, 0.717) is 16.2 Å². The van der Waals surface area contributed by atoms with E-state index in [2.05, 4.69) is 20.9 Å². The highest BCUT2D eigenvalue weighted by Gasteiger charge is 2.20. The van der Waals surface area contributed by atoms with Crippen LogP contribution in [0.4, 0.5) is 4.79 Å². The van der Waals surface area contributed by atoms with Gasteiger partial charge in [0.05, 0.1) is 11.6 Å². The molecule has 1 aromatic rings. The summed E-state index contributed by atoms with van der Waals surface area (Å²) in [5, 5.41) is 0.533. The molecule has 18 heavy (non-hydrogen) atoms. The van der Waals surface area contributed by atoms with Crippen molar-refractivity contribution < 1.29 is 9.53 Å². The van der Waals surface area contributed by atoms with Gasteiger partial charge < -0.3 is 9.64 Å². The highest BCUT2D eigenvalue weighted by atomic mass is 79.9. The third kappa shape index (κ3) is 4.82. The Morgan fingerprint density at radius 1 is 1.56 bits per heavy atom. The third-order valence-corrected chi connectivity index (χ3v) is 2.91. The Hall–Kier alpha value is -0.810. The zero-order valence-corrected chi connectivity index (χ0v) is 13.2. The Kier molecular flexibility index (Phi) is 4.99. The van der Waals surface area contributed by atoms with E-state index in [0.717, 1.165) is 5.56 Å². The van der Waals surface area contributed by atoms with Crippen LogP contribution in [0.3, 0.4) is 0 Å². The number of amides is 1. The van der Waals surface area contributed by atoms with E-state index in [-0.39, 0.29) is 6.09 Å². The summed E-state index contributed by atoms with van der Waals surface area (Å²) in [7, 11) is 1.67. The van der Waals surface area contributed by atoms with E-state index in [1.165, 1.54) is 4.90 Å². The molecule has 6 heteroatoms. The number of hydrogen-bond acceptors (Lipinski definition) is 3. The molecule has 0 unspecified atom stereocenters. The van der Waals surface area contributed by atoms with Crippen LogP contribution in [0.2, 0.25) is 5.02 Å². The molecule has 1 amide bonds.